The van der Waals surface area contributed by atoms with Crippen molar-refractivity contribution in [3.05, 3.63) is 90.0 Å². The van der Waals surface area contributed by atoms with Crippen LogP contribution in [0.4, 0.5) is 0 Å². The lowest BCUT2D eigenvalue weighted by Gasteiger charge is -2.18. The Morgan fingerprint density at radius 3 is 2.51 bits per heavy atom. The lowest BCUT2D eigenvalue weighted by Crippen LogP contribution is -2.27. The molecule has 2 heterocycles. The van der Waals surface area contributed by atoms with Gasteiger partial charge in [-0.15, -0.1) is 0 Å². The van der Waals surface area contributed by atoms with Crippen LogP contribution < -0.4 is 4.74 Å². The van der Waals surface area contributed by atoms with Gasteiger partial charge in [0.1, 0.15) is 11.6 Å². The van der Waals surface area contributed by atoms with Gasteiger partial charge in [0.25, 0.3) is 5.91 Å². The predicted octanol–water partition coefficient (Wildman–Crippen LogP) is 6.08. The van der Waals surface area contributed by atoms with Gasteiger partial charge in [-0.25, -0.2) is 4.98 Å². The summed E-state index contributed by atoms with van der Waals surface area (Å²) in [4.78, 5) is 23.4. The molecule has 1 unspecified atom stereocenters. The summed E-state index contributed by atoms with van der Waals surface area (Å²) < 4.78 is 8.20. The van der Waals surface area contributed by atoms with E-state index in [1.54, 1.807) is 29.4 Å². The highest BCUT2D eigenvalue weighted by molar-refractivity contribution is 5.93. The molecule has 6 nitrogen and oxygen atoms in total. The standard InChI is InChI=1S/C29H34N4O2/c1-4-22(2)23-11-13-25(14-12-23)35-20-8-7-19-33-27-10-6-5-9-26(27)31-28(33)21-32(3)29(34)24-15-17-30-18-16-24/h5-6,9-18,22H,4,7-8,19-21H2,1-3H3. The summed E-state index contributed by atoms with van der Waals surface area (Å²) in [5.74, 6) is 2.33. The molecule has 0 aliphatic heterocycles. The second-order valence-corrected chi connectivity index (χ2v) is 9.00. The van der Waals surface area contributed by atoms with Crippen LogP contribution in [0.1, 0.15) is 60.8 Å². The van der Waals surface area contributed by atoms with Crippen LogP contribution in [0, 0.1) is 0 Å². The number of carbonyl (C=O) groups is 1. The molecule has 0 aliphatic carbocycles. The Morgan fingerprint density at radius 1 is 1.03 bits per heavy atom. The van der Waals surface area contributed by atoms with Crippen molar-refractivity contribution in [2.75, 3.05) is 13.7 Å². The van der Waals surface area contributed by atoms with Gasteiger partial charge in [0.2, 0.25) is 0 Å². The summed E-state index contributed by atoms with van der Waals surface area (Å²) in [5.41, 5.74) is 4.02. The second-order valence-electron chi connectivity index (χ2n) is 9.00. The van der Waals surface area contributed by atoms with E-state index in [9.17, 15) is 4.79 Å². The molecule has 2 aromatic carbocycles. The molecule has 4 aromatic rings. The van der Waals surface area contributed by atoms with E-state index in [1.807, 2.05) is 25.2 Å². The number of fused-ring (bicyclic) bond motifs is 1. The zero-order valence-corrected chi connectivity index (χ0v) is 20.9. The summed E-state index contributed by atoms with van der Waals surface area (Å²) >= 11 is 0. The number of ether oxygens (including phenoxy) is 1. The maximum atomic E-state index is 12.8. The molecule has 35 heavy (non-hydrogen) atoms. The van der Waals surface area contributed by atoms with Crippen LogP contribution in [0.5, 0.6) is 5.75 Å². The molecule has 0 aliphatic rings. The molecule has 0 N–H and O–H groups in total. The van der Waals surface area contributed by atoms with Crippen molar-refractivity contribution in [1.82, 2.24) is 19.4 Å². The molecule has 1 amide bonds. The summed E-state index contributed by atoms with van der Waals surface area (Å²) in [6, 6.07) is 20.1. The Hall–Kier alpha value is -3.67. The van der Waals surface area contributed by atoms with Crippen molar-refractivity contribution in [1.29, 1.82) is 0 Å². The van der Waals surface area contributed by atoms with Gasteiger partial charge in [0.15, 0.2) is 0 Å². The number of benzene rings is 2. The number of para-hydroxylation sites is 2. The normalized spacial score (nSPS) is 12.0. The van der Waals surface area contributed by atoms with Crippen LogP contribution >= 0.6 is 0 Å². The Kier molecular flexibility index (Phi) is 8.14. The number of hydrogen-bond acceptors (Lipinski definition) is 4. The topological polar surface area (TPSA) is 60.2 Å². The lowest BCUT2D eigenvalue weighted by atomic mass is 9.99. The van der Waals surface area contributed by atoms with E-state index in [0.717, 1.165) is 48.4 Å². The minimum Gasteiger partial charge on any atom is -0.494 e. The van der Waals surface area contributed by atoms with Crippen molar-refractivity contribution >= 4 is 16.9 Å². The van der Waals surface area contributed by atoms with Gasteiger partial charge in [-0.3, -0.25) is 9.78 Å². The maximum absolute atomic E-state index is 12.8. The van der Waals surface area contributed by atoms with E-state index in [4.69, 9.17) is 9.72 Å². The van der Waals surface area contributed by atoms with E-state index in [0.29, 0.717) is 24.6 Å². The Morgan fingerprint density at radius 2 is 1.77 bits per heavy atom. The largest absolute Gasteiger partial charge is 0.494 e. The molecule has 0 bridgehead atoms. The third-order valence-corrected chi connectivity index (χ3v) is 6.49. The highest BCUT2D eigenvalue weighted by Crippen LogP contribution is 2.22. The molecule has 0 fully saturated rings. The summed E-state index contributed by atoms with van der Waals surface area (Å²) in [7, 11) is 1.81. The van der Waals surface area contributed by atoms with E-state index in [1.165, 1.54) is 5.56 Å². The van der Waals surface area contributed by atoms with Crippen molar-refractivity contribution in [3.8, 4) is 5.75 Å². The highest BCUT2D eigenvalue weighted by Gasteiger charge is 2.17. The second kappa shape index (κ2) is 11.6. The SMILES string of the molecule is CCC(C)c1ccc(OCCCCn2c(CN(C)C(=O)c3ccncc3)nc3ccccc32)cc1. The van der Waals surface area contributed by atoms with Crippen LogP contribution in [-0.4, -0.2) is 39.0 Å². The summed E-state index contributed by atoms with van der Waals surface area (Å²) in [6.45, 7) is 6.39. The Labute approximate surface area is 207 Å². The van der Waals surface area contributed by atoms with Gasteiger partial charge in [-0.2, -0.15) is 0 Å². The molecule has 182 valence electrons. The third kappa shape index (κ3) is 6.07. The fourth-order valence-electron chi connectivity index (χ4n) is 4.18. The number of imidazole rings is 1. The van der Waals surface area contributed by atoms with Gasteiger partial charge < -0.3 is 14.2 Å². The average Bonchev–Trinajstić information content (AvgIpc) is 3.25. The Bertz CT molecular complexity index is 1230. The van der Waals surface area contributed by atoms with Crippen LogP contribution in [-0.2, 0) is 13.1 Å². The first-order chi connectivity index (χ1) is 17.1. The molecule has 0 spiro atoms. The lowest BCUT2D eigenvalue weighted by molar-refractivity contribution is 0.0780. The highest BCUT2D eigenvalue weighted by atomic mass is 16.5. The first-order valence-electron chi connectivity index (χ1n) is 12.4. The van der Waals surface area contributed by atoms with Gasteiger partial charge in [0.05, 0.1) is 24.2 Å². The van der Waals surface area contributed by atoms with E-state index < -0.39 is 0 Å². The molecule has 0 saturated heterocycles. The zero-order chi connectivity index (χ0) is 24.6. The summed E-state index contributed by atoms with van der Waals surface area (Å²) in [5, 5.41) is 0. The van der Waals surface area contributed by atoms with Crippen LogP contribution in [0.15, 0.2) is 73.1 Å². The number of unbranched alkanes of at least 4 members (excludes halogenated alkanes) is 1. The Balaban J connectivity index is 1.36. The minimum absolute atomic E-state index is 0.0428. The molecule has 0 saturated carbocycles. The zero-order valence-electron chi connectivity index (χ0n) is 20.9. The maximum Gasteiger partial charge on any atom is 0.254 e. The molecule has 6 heteroatoms. The monoisotopic (exact) mass is 470 g/mol. The van der Waals surface area contributed by atoms with E-state index >= 15 is 0 Å². The van der Waals surface area contributed by atoms with Crippen molar-refractivity contribution in [2.45, 2.75) is 52.1 Å². The fourth-order valence-corrected chi connectivity index (χ4v) is 4.18. The third-order valence-electron chi connectivity index (χ3n) is 6.49. The first kappa shape index (κ1) is 24.5. The molecular weight excluding hydrogens is 436 g/mol. The molecule has 2 aromatic heterocycles. The van der Waals surface area contributed by atoms with E-state index in [2.05, 4.69) is 53.7 Å². The number of carbonyl (C=O) groups excluding carboxylic acids is 1. The number of hydrogen-bond donors (Lipinski definition) is 0. The van der Waals surface area contributed by atoms with Gasteiger partial charge in [-0.05, 0) is 67.1 Å². The van der Waals surface area contributed by atoms with Gasteiger partial charge in [-0.1, -0.05) is 38.1 Å². The summed E-state index contributed by atoms with van der Waals surface area (Å²) in [6.07, 6.45) is 6.31. The number of pyridine rings is 1. The number of rotatable bonds is 11. The van der Waals surface area contributed by atoms with Crippen LogP contribution in [0.2, 0.25) is 0 Å². The molecule has 4 rings (SSSR count). The molecular formula is C29H34N4O2. The quantitative estimate of drug-likeness (QED) is 0.249. The van der Waals surface area contributed by atoms with Crippen LogP contribution in [0.25, 0.3) is 11.0 Å². The van der Waals surface area contributed by atoms with Crippen molar-refractivity contribution in [2.24, 2.45) is 0 Å². The van der Waals surface area contributed by atoms with Gasteiger partial charge >= 0.3 is 0 Å². The smallest absolute Gasteiger partial charge is 0.254 e. The minimum atomic E-state index is -0.0428. The average molecular weight is 471 g/mol. The predicted molar refractivity (Wildman–Crippen MR) is 140 cm³/mol. The van der Waals surface area contributed by atoms with Crippen LogP contribution in [0.3, 0.4) is 0 Å². The molecule has 1 atom stereocenters. The number of aryl methyl sites for hydroxylation is 1. The van der Waals surface area contributed by atoms with E-state index in [-0.39, 0.29) is 5.91 Å². The molecule has 0 radical (unpaired) electrons. The van der Waals surface area contributed by atoms with Crippen molar-refractivity contribution < 1.29 is 9.53 Å². The number of nitrogens with zero attached hydrogens (tertiary/aromatic N) is 4. The van der Waals surface area contributed by atoms with Crippen molar-refractivity contribution in [3.63, 3.8) is 0 Å². The number of amides is 1. The number of aromatic nitrogens is 3. The first-order valence-corrected chi connectivity index (χ1v) is 12.4. The fraction of sp³-hybridized carbons (Fsp3) is 0.345. The van der Waals surface area contributed by atoms with Gasteiger partial charge in [0, 0.05) is 31.5 Å².